The van der Waals surface area contributed by atoms with Crippen LogP contribution in [0.4, 0.5) is 0 Å². The number of ether oxygens (including phenoxy) is 1. The van der Waals surface area contributed by atoms with Gasteiger partial charge in [-0.1, -0.05) is 29.8 Å². The fourth-order valence-corrected chi connectivity index (χ4v) is 2.16. The van der Waals surface area contributed by atoms with E-state index in [1.807, 2.05) is 62.4 Å². The van der Waals surface area contributed by atoms with Crippen LogP contribution in [-0.2, 0) is 0 Å². The van der Waals surface area contributed by atoms with E-state index >= 15 is 0 Å². The van der Waals surface area contributed by atoms with Gasteiger partial charge in [-0.25, -0.2) is 0 Å². The molecule has 0 bridgehead atoms. The van der Waals surface area contributed by atoms with Gasteiger partial charge in [0, 0.05) is 10.6 Å². The van der Waals surface area contributed by atoms with Gasteiger partial charge in [-0.2, -0.15) is 0 Å². The Morgan fingerprint density at radius 1 is 1.09 bits per heavy atom. The lowest BCUT2D eigenvalue weighted by atomic mass is 10.2. The highest BCUT2D eigenvalue weighted by Gasteiger charge is 2.16. The van der Waals surface area contributed by atoms with Crippen LogP contribution in [0.25, 0.3) is 11.5 Å². The van der Waals surface area contributed by atoms with E-state index in [0.29, 0.717) is 22.6 Å². The zero-order valence-corrected chi connectivity index (χ0v) is 13.0. The van der Waals surface area contributed by atoms with E-state index in [-0.39, 0.29) is 6.10 Å². The molecule has 22 heavy (non-hydrogen) atoms. The number of halogens is 1. The van der Waals surface area contributed by atoms with Crippen molar-refractivity contribution in [3.8, 4) is 17.2 Å². The Labute approximate surface area is 133 Å². The third kappa shape index (κ3) is 3.12. The molecule has 0 fully saturated rings. The zero-order chi connectivity index (χ0) is 15.5. The summed E-state index contributed by atoms with van der Waals surface area (Å²) < 4.78 is 11.5. The van der Waals surface area contributed by atoms with E-state index in [9.17, 15) is 0 Å². The largest absolute Gasteiger partial charge is 0.481 e. The molecular formula is C17H15ClN2O2. The average molecular weight is 315 g/mol. The lowest BCUT2D eigenvalue weighted by Crippen LogP contribution is -2.03. The van der Waals surface area contributed by atoms with E-state index in [4.69, 9.17) is 20.8 Å². The first-order valence-electron chi connectivity index (χ1n) is 6.95. The molecule has 5 heteroatoms. The van der Waals surface area contributed by atoms with E-state index in [0.717, 1.165) is 11.1 Å². The number of aryl methyl sites for hydroxylation is 1. The maximum absolute atomic E-state index is 6.01. The van der Waals surface area contributed by atoms with Gasteiger partial charge >= 0.3 is 0 Å². The molecule has 3 rings (SSSR count). The zero-order valence-electron chi connectivity index (χ0n) is 12.3. The molecule has 3 aromatic rings. The molecule has 0 amide bonds. The third-order valence-electron chi connectivity index (χ3n) is 3.25. The van der Waals surface area contributed by atoms with Crippen LogP contribution >= 0.6 is 11.6 Å². The van der Waals surface area contributed by atoms with Gasteiger partial charge in [-0.3, -0.25) is 0 Å². The summed E-state index contributed by atoms with van der Waals surface area (Å²) in [4.78, 5) is 0. The second kappa shape index (κ2) is 6.20. The highest BCUT2D eigenvalue weighted by Crippen LogP contribution is 2.26. The number of nitrogens with zero attached hydrogens (tertiary/aromatic N) is 2. The maximum atomic E-state index is 6.01. The Morgan fingerprint density at radius 2 is 1.86 bits per heavy atom. The second-order valence-electron chi connectivity index (χ2n) is 4.98. The maximum Gasteiger partial charge on any atom is 0.257 e. The van der Waals surface area contributed by atoms with Crippen molar-refractivity contribution in [1.29, 1.82) is 0 Å². The molecule has 0 aliphatic heterocycles. The van der Waals surface area contributed by atoms with Gasteiger partial charge in [0.1, 0.15) is 5.75 Å². The molecule has 0 spiro atoms. The summed E-state index contributed by atoms with van der Waals surface area (Å²) in [6.45, 7) is 3.80. The van der Waals surface area contributed by atoms with Crippen LogP contribution in [0.5, 0.6) is 5.75 Å². The predicted molar refractivity (Wildman–Crippen MR) is 85.0 cm³/mol. The molecular weight excluding hydrogens is 300 g/mol. The van der Waals surface area contributed by atoms with Crippen LogP contribution in [0, 0.1) is 6.92 Å². The predicted octanol–water partition coefficient (Wildman–Crippen LogP) is 4.84. The van der Waals surface area contributed by atoms with Crippen LogP contribution in [-0.4, -0.2) is 10.2 Å². The molecule has 1 atom stereocenters. The summed E-state index contributed by atoms with van der Waals surface area (Å²) in [5, 5.41) is 8.84. The summed E-state index contributed by atoms with van der Waals surface area (Å²) in [5.41, 5.74) is 1.85. The number of hydrogen-bond acceptors (Lipinski definition) is 4. The Bertz CT molecular complexity index is 771. The van der Waals surface area contributed by atoms with Crippen molar-refractivity contribution in [3.63, 3.8) is 0 Å². The molecule has 1 heterocycles. The molecule has 112 valence electrons. The number of rotatable bonds is 4. The van der Waals surface area contributed by atoms with Gasteiger partial charge in [0.25, 0.3) is 5.89 Å². The first-order valence-corrected chi connectivity index (χ1v) is 7.33. The highest BCUT2D eigenvalue weighted by molar-refractivity contribution is 6.31. The summed E-state index contributed by atoms with van der Waals surface area (Å²) in [5.74, 6) is 1.64. The summed E-state index contributed by atoms with van der Waals surface area (Å²) >= 11 is 6.01. The molecule has 0 aliphatic rings. The standard InChI is InChI=1S/C17H15ClN2O2/c1-11-10-14(8-9-15(11)18)21-12(2)16-19-20-17(22-16)13-6-4-3-5-7-13/h3-10,12H,1-2H3/t12-/m1/s1. The second-order valence-corrected chi connectivity index (χ2v) is 5.39. The minimum Gasteiger partial charge on any atom is -0.481 e. The molecule has 0 unspecified atom stereocenters. The number of aromatic nitrogens is 2. The first-order chi connectivity index (χ1) is 10.6. The normalized spacial score (nSPS) is 12.1. The van der Waals surface area contributed by atoms with E-state index in [1.54, 1.807) is 0 Å². The minimum atomic E-state index is -0.342. The number of hydrogen-bond donors (Lipinski definition) is 0. The molecule has 0 saturated carbocycles. The van der Waals surface area contributed by atoms with Crippen molar-refractivity contribution in [3.05, 3.63) is 65.0 Å². The van der Waals surface area contributed by atoms with Crippen molar-refractivity contribution in [2.75, 3.05) is 0 Å². The molecule has 4 nitrogen and oxygen atoms in total. The van der Waals surface area contributed by atoms with Gasteiger partial charge in [0.2, 0.25) is 5.89 Å². The Balaban J connectivity index is 1.77. The van der Waals surface area contributed by atoms with Crippen LogP contribution in [0.15, 0.2) is 52.9 Å². The van der Waals surface area contributed by atoms with Crippen LogP contribution in [0.2, 0.25) is 5.02 Å². The van der Waals surface area contributed by atoms with Crippen molar-refractivity contribution >= 4 is 11.6 Å². The smallest absolute Gasteiger partial charge is 0.257 e. The summed E-state index contributed by atoms with van der Waals surface area (Å²) in [6, 6.07) is 15.1. The van der Waals surface area contributed by atoms with Gasteiger partial charge < -0.3 is 9.15 Å². The van der Waals surface area contributed by atoms with Gasteiger partial charge in [0.05, 0.1) is 0 Å². The highest BCUT2D eigenvalue weighted by atomic mass is 35.5. The monoisotopic (exact) mass is 314 g/mol. The Morgan fingerprint density at radius 3 is 2.59 bits per heavy atom. The van der Waals surface area contributed by atoms with Gasteiger partial charge in [0.15, 0.2) is 6.10 Å². The fraction of sp³-hybridized carbons (Fsp3) is 0.176. The number of benzene rings is 2. The van der Waals surface area contributed by atoms with Crippen molar-refractivity contribution < 1.29 is 9.15 Å². The van der Waals surface area contributed by atoms with E-state index in [2.05, 4.69) is 10.2 Å². The summed E-state index contributed by atoms with van der Waals surface area (Å²) in [7, 11) is 0. The topological polar surface area (TPSA) is 48.2 Å². The van der Waals surface area contributed by atoms with Crippen molar-refractivity contribution in [1.82, 2.24) is 10.2 Å². The SMILES string of the molecule is Cc1cc(O[C@H](C)c2nnc(-c3ccccc3)o2)ccc1Cl. The average Bonchev–Trinajstić information content (AvgIpc) is 3.02. The van der Waals surface area contributed by atoms with Crippen molar-refractivity contribution in [2.45, 2.75) is 20.0 Å². The summed E-state index contributed by atoms with van der Waals surface area (Å²) in [6.07, 6.45) is -0.342. The molecule has 0 radical (unpaired) electrons. The lowest BCUT2D eigenvalue weighted by molar-refractivity contribution is 0.189. The fourth-order valence-electron chi connectivity index (χ4n) is 2.04. The van der Waals surface area contributed by atoms with Crippen LogP contribution < -0.4 is 4.74 Å². The van der Waals surface area contributed by atoms with E-state index < -0.39 is 0 Å². The molecule has 2 aromatic carbocycles. The molecule has 1 aromatic heterocycles. The van der Waals surface area contributed by atoms with Crippen LogP contribution in [0.1, 0.15) is 24.5 Å². The Hall–Kier alpha value is -2.33. The van der Waals surface area contributed by atoms with E-state index in [1.165, 1.54) is 0 Å². The molecule has 0 aliphatic carbocycles. The van der Waals surface area contributed by atoms with Gasteiger partial charge in [-0.05, 0) is 49.7 Å². The van der Waals surface area contributed by atoms with Crippen LogP contribution in [0.3, 0.4) is 0 Å². The minimum absolute atomic E-state index is 0.342. The third-order valence-corrected chi connectivity index (χ3v) is 3.68. The molecule has 0 N–H and O–H groups in total. The Kier molecular flexibility index (Phi) is 4.11. The first kappa shape index (κ1) is 14.6. The van der Waals surface area contributed by atoms with Gasteiger partial charge in [-0.15, -0.1) is 10.2 Å². The quantitative estimate of drug-likeness (QED) is 0.691. The van der Waals surface area contributed by atoms with Crippen molar-refractivity contribution in [2.24, 2.45) is 0 Å². The lowest BCUT2D eigenvalue weighted by Gasteiger charge is -2.11. The molecule has 0 saturated heterocycles.